The average Bonchev–Trinajstić information content (AvgIpc) is 2.36. The molecular weight excluding hydrogens is 226 g/mol. The van der Waals surface area contributed by atoms with E-state index < -0.39 is 0 Å². The monoisotopic (exact) mass is 251 g/mol. The Bertz CT molecular complexity index is 318. The summed E-state index contributed by atoms with van der Waals surface area (Å²) in [5.41, 5.74) is 2.66. The van der Waals surface area contributed by atoms with E-state index in [4.69, 9.17) is 10.2 Å². The third-order valence-electron chi connectivity index (χ3n) is 2.95. The highest BCUT2D eigenvalue weighted by atomic mass is 16.3. The predicted molar refractivity (Wildman–Crippen MR) is 74.7 cm³/mol. The fourth-order valence-corrected chi connectivity index (χ4v) is 1.92. The zero-order chi connectivity index (χ0) is 13.4. The fraction of sp³-hybridized carbons (Fsp3) is 0.600. The summed E-state index contributed by atoms with van der Waals surface area (Å²) in [6, 6.07) is 8.49. The minimum Gasteiger partial charge on any atom is -0.395 e. The van der Waals surface area contributed by atoms with E-state index in [2.05, 4.69) is 43.4 Å². The van der Waals surface area contributed by atoms with E-state index in [1.165, 1.54) is 11.1 Å². The van der Waals surface area contributed by atoms with E-state index in [1.54, 1.807) is 0 Å². The third kappa shape index (κ3) is 5.63. The number of nitrogens with one attached hydrogen (secondary N) is 1. The molecule has 0 unspecified atom stereocenters. The molecule has 0 aromatic heterocycles. The normalized spacial score (nSPS) is 11.4. The van der Waals surface area contributed by atoms with E-state index in [9.17, 15) is 0 Å². The summed E-state index contributed by atoms with van der Waals surface area (Å²) in [6.07, 6.45) is 2.04. The molecule has 0 aliphatic heterocycles. The van der Waals surface area contributed by atoms with Crippen molar-refractivity contribution in [3.8, 4) is 0 Å². The van der Waals surface area contributed by atoms with Crippen LogP contribution in [0.4, 0.5) is 0 Å². The van der Waals surface area contributed by atoms with Crippen LogP contribution in [0.15, 0.2) is 24.3 Å². The largest absolute Gasteiger partial charge is 0.395 e. The second-order valence-corrected chi connectivity index (χ2v) is 5.18. The van der Waals surface area contributed by atoms with Crippen molar-refractivity contribution in [1.29, 1.82) is 0 Å². The fourth-order valence-electron chi connectivity index (χ4n) is 1.92. The Kier molecular flexibility index (Phi) is 6.94. The van der Waals surface area contributed by atoms with Crippen LogP contribution in [-0.2, 0) is 12.8 Å². The molecule has 0 saturated heterocycles. The van der Waals surface area contributed by atoms with Crippen LogP contribution in [0.5, 0.6) is 0 Å². The number of hydrogen-bond acceptors (Lipinski definition) is 3. The molecule has 3 N–H and O–H groups in total. The van der Waals surface area contributed by atoms with E-state index in [1.807, 2.05) is 0 Å². The van der Waals surface area contributed by atoms with E-state index in [0.717, 1.165) is 19.4 Å². The lowest BCUT2D eigenvalue weighted by atomic mass is 10.0. The first kappa shape index (κ1) is 15.2. The van der Waals surface area contributed by atoms with Crippen molar-refractivity contribution < 1.29 is 10.2 Å². The Morgan fingerprint density at radius 1 is 1.00 bits per heavy atom. The van der Waals surface area contributed by atoms with Crippen LogP contribution < -0.4 is 5.32 Å². The summed E-state index contributed by atoms with van der Waals surface area (Å²) in [5, 5.41) is 21.0. The summed E-state index contributed by atoms with van der Waals surface area (Å²) in [5.74, 6) is 0.687. The Hall–Kier alpha value is -0.900. The second kappa shape index (κ2) is 8.25. The molecule has 1 aromatic carbocycles. The molecule has 3 heteroatoms. The van der Waals surface area contributed by atoms with Crippen molar-refractivity contribution in [3.05, 3.63) is 35.4 Å². The Morgan fingerprint density at radius 2 is 1.56 bits per heavy atom. The molecule has 0 spiro atoms. The maximum atomic E-state index is 8.92. The molecule has 0 radical (unpaired) electrons. The number of aliphatic hydroxyl groups is 2. The first-order valence-electron chi connectivity index (χ1n) is 6.68. The maximum Gasteiger partial charge on any atom is 0.0607 e. The highest BCUT2D eigenvalue weighted by Gasteiger charge is 2.04. The van der Waals surface area contributed by atoms with Gasteiger partial charge in [0.25, 0.3) is 0 Å². The molecule has 0 heterocycles. The highest BCUT2D eigenvalue weighted by Crippen LogP contribution is 2.10. The van der Waals surface area contributed by atoms with Crippen LogP contribution in [0.3, 0.4) is 0 Å². The Labute approximate surface area is 110 Å². The molecule has 18 heavy (non-hydrogen) atoms. The van der Waals surface area contributed by atoms with Crippen LogP contribution >= 0.6 is 0 Å². The molecule has 1 aromatic rings. The number of aliphatic hydroxyl groups excluding tert-OH is 2. The van der Waals surface area contributed by atoms with E-state index in [0.29, 0.717) is 5.92 Å². The van der Waals surface area contributed by atoms with Crippen LogP contribution in [0.1, 0.15) is 25.0 Å². The van der Waals surface area contributed by atoms with Crippen molar-refractivity contribution in [2.45, 2.75) is 32.7 Å². The Balaban J connectivity index is 2.35. The standard InChI is InChI=1S/C15H25NO2/c1-12(2)9-14-5-3-13(4-6-14)7-8-16-15(10-17)11-18/h3-6,12,15-18H,7-11H2,1-2H3. The zero-order valence-corrected chi connectivity index (χ0v) is 11.4. The molecule has 0 bridgehead atoms. The van der Waals surface area contributed by atoms with Crippen molar-refractivity contribution in [2.75, 3.05) is 19.8 Å². The highest BCUT2D eigenvalue weighted by molar-refractivity contribution is 5.23. The lowest BCUT2D eigenvalue weighted by Gasteiger charge is -2.13. The van der Waals surface area contributed by atoms with Gasteiger partial charge in [-0.15, -0.1) is 0 Å². The number of hydrogen-bond donors (Lipinski definition) is 3. The molecule has 0 aliphatic rings. The summed E-state index contributed by atoms with van der Waals surface area (Å²) >= 11 is 0. The second-order valence-electron chi connectivity index (χ2n) is 5.18. The van der Waals surface area contributed by atoms with Crippen molar-refractivity contribution in [3.63, 3.8) is 0 Å². The minimum atomic E-state index is -0.204. The first-order valence-corrected chi connectivity index (χ1v) is 6.68. The van der Waals surface area contributed by atoms with Crippen molar-refractivity contribution >= 4 is 0 Å². The topological polar surface area (TPSA) is 52.5 Å². The zero-order valence-electron chi connectivity index (χ0n) is 11.4. The quantitative estimate of drug-likeness (QED) is 0.654. The van der Waals surface area contributed by atoms with Gasteiger partial charge >= 0.3 is 0 Å². The van der Waals surface area contributed by atoms with Crippen LogP contribution in [0.2, 0.25) is 0 Å². The lowest BCUT2D eigenvalue weighted by Crippen LogP contribution is -2.36. The Morgan fingerprint density at radius 3 is 2.06 bits per heavy atom. The molecule has 0 atom stereocenters. The molecule has 0 saturated carbocycles. The van der Waals surface area contributed by atoms with Crippen molar-refractivity contribution in [1.82, 2.24) is 5.32 Å². The third-order valence-corrected chi connectivity index (χ3v) is 2.95. The summed E-state index contributed by atoms with van der Waals surface area (Å²) in [6.45, 7) is 5.17. The molecule has 0 fully saturated rings. The summed E-state index contributed by atoms with van der Waals surface area (Å²) < 4.78 is 0. The van der Waals surface area contributed by atoms with Gasteiger partial charge in [-0.2, -0.15) is 0 Å². The summed E-state index contributed by atoms with van der Waals surface area (Å²) in [7, 11) is 0. The SMILES string of the molecule is CC(C)Cc1ccc(CCNC(CO)CO)cc1. The van der Waals surface area contributed by atoms with Crippen LogP contribution in [-0.4, -0.2) is 36.0 Å². The maximum absolute atomic E-state index is 8.92. The van der Waals surface area contributed by atoms with Gasteiger partial charge in [0.2, 0.25) is 0 Å². The number of benzene rings is 1. The summed E-state index contributed by atoms with van der Waals surface area (Å²) in [4.78, 5) is 0. The number of rotatable bonds is 8. The van der Waals surface area contributed by atoms with Gasteiger partial charge in [-0.25, -0.2) is 0 Å². The van der Waals surface area contributed by atoms with Gasteiger partial charge in [-0.05, 0) is 36.4 Å². The average molecular weight is 251 g/mol. The van der Waals surface area contributed by atoms with Gasteiger partial charge in [0.15, 0.2) is 0 Å². The first-order chi connectivity index (χ1) is 8.65. The van der Waals surface area contributed by atoms with Crippen LogP contribution in [0, 0.1) is 5.92 Å². The van der Waals surface area contributed by atoms with E-state index >= 15 is 0 Å². The van der Waals surface area contributed by atoms with Gasteiger partial charge in [0.1, 0.15) is 0 Å². The molecule has 3 nitrogen and oxygen atoms in total. The molecular formula is C15H25NO2. The van der Waals surface area contributed by atoms with Crippen LogP contribution in [0.25, 0.3) is 0 Å². The smallest absolute Gasteiger partial charge is 0.0607 e. The molecule has 102 valence electrons. The van der Waals surface area contributed by atoms with Gasteiger partial charge in [0, 0.05) is 0 Å². The van der Waals surface area contributed by atoms with Crippen molar-refractivity contribution in [2.24, 2.45) is 5.92 Å². The van der Waals surface area contributed by atoms with Gasteiger partial charge in [0.05, 0.1) is 19.3 Å². The van der Waals surface area contributed by atoms with Gasteiger partial charge < -0.3 is 15.5 Å². The molecule has 1 rings (SSSR count). The lowest BCUT2D eigenvalue weighted by molar-refractivity contribution is 0.171. The molecule has 0 aliphatic carbocycles. The minimum absolute atomic E-state index is 0.0240. The predicted octanol–water partition coefficient (Wildman–Crippen LogP) is 1.37. The van der Waals surface area contributed by atoms with Gasteiger partial charge in [-0.1, -0.05) is 38.1 Å². The van der Waals surface area contributed by atoms with E-state index in [-0.39, 0.29) is 19.3 Å². The van der Waals surface area contributed by atoms with Gasteiger partial charge in [-0.3, -0.25) is 0 Å². The molecule has 0 amide bonds.